The summed E-state index contributed by atoms with van der Waals surface area (Å²) in [6.45, 7) is 0. The van der Waals surface area contributed by atoms with Gasteiger partial charge in [-0.15, -0.1) is 13.2 Å². The standard InChI is InChI=1S/C15H8F4N4O/c16-8-1-3-10-12(5-8)22-14(21-10)23-7-20-11-4-2-9(6-13(11)23)24-15(17,18)19/h1-7H,(H,21,22). The van der Waals surface area contributed by atoms with Gasteiger partial charge < -0.3 is 9.72 Å². The summed E-state index contributed by atoms with van der Waals surface area (Å²) < 4.78 is 55.8. The number of aromatic nitrogens is 4. The van der Waals surface area contributed by atoms with Gasteiger partial charge in [0.15, 0.2) is 0 Å². The Hall–Kier alpha value is -3.10. The van der Waals surface area contributed by atoms with E-state index in [4.69, 9.17) is 0 Å². The number of aromatic amines is 1. The van der Waals surface area contributed by atoms with Gasteiger partial charge in [0.2, 0.25) is 5.95 Å². The van der Waals surface area contributed by atoms with Gasteiger partial charge in [0.25, 0.3) is 0 Å². The van der Waals surface area contributed by atoms with E-state index in [1.807, 2.05) is 0 Å². The molecule has 2 aromatic heterocycles. The molecule has 122 valence electrons. The van der Waals surface area contributed by atoms with Crippen molar-refractivity contribution in [1.29, 1.82) is 0 Å². The van der Waals surface area contributed by atoms with Gasteiger partial charge in [-0.25, -0.2) is 14.4 Å². The molecule has 1 N–H and O–H groups in total. The smallest absolute Gasteiger partial charge is 0.406 e. The topological polar surface area (TPSA) is 55.7 Å². The summed E-state index contributed by atoms with van der Waals surface area (Å²) in [5, 5.41) is 0. The first-order valence-corrected chi connectivity index (χ1v) is 6.77. The van der Waals surface area contributed by atoms with Gasteiger partial charge in [-0.2, -0.15) is 0 Å². The zero-order valence-corrected chi connectivity index (χ0v) is 11.8. The van der Waals surface area contributed by atoms with Gasteiger partial charge in [0.1, 0.15) is 17.9 Å². The summed E-state index contributed by atoms with van der Waals surface area (Å²) in [5.41, 5.74) is 1.83. The van der Waals surface area contributed by atoms with Crippen LogP contribution in [0.25, 0.3) is 28.0 Å². The number of H-pyrrole nitrogens is 1. The Morgan fingerprint density at radius 2 is 1.83 bits per heavy atom. The first-order valence-electron chi connectivity index (χ1n) is 6.77. The lowest BCUT2D eigenvalue weighted by molar-refractivity contribution is -0.274. The predicted molar refractivity (Wildman–Crippen MR) is 77.4 cm³/mol. The minimum absolute atomic E-state index is 0.308. The van der Waals surface area contributed by atoms with Crippen molar-refractivity contribution in [3.63, 3.8) is 0 Å². The highest BCUT2D eigenvalue weighted by molar-refractivity contribution is 5.80. The number of alkyl halides is 3. The lowest BCUT2D eigenvalue weighted by atomic mass is 10.3. The number of nitrogens with zero attached hydrogens (tertiary/aromatic N) is 3. The fraction of sp³-hybridized carbons (Fsp3) is 0.0667. The molecule has 0 aliphatic rings. The zero-order chi connectivity index (χ0) is 16.9. The van der Waals surface area contributed by atoms with Crippen molar-refractivity contribution >= 4 is 22.1 Å². The lowest BCUT2D eigenvalue weighted by Gasteiger charge is -2.08. The highest BCUT2D eigenvalue weighted by Gasteiger charge is 2.31. The third kappa shape index (κ3) is 2.53. The van der Waals surface area contributed by atoms with Gasteiger partial charge >= 0.3 is 6.36 Å². The molecule has 0 bridgehead atoms. The Morgan fingerprint density at radius 3 is 2.62 bits per heavy atom. The number of fused-ring (bicyclic) bond motifs is 2. The Bertz CT molecular complexity index is 1050. The second kappa shape index (κ2) is 4.95. The molecule has 0 aliphatic heterocycles. The van der Waals surface area contributed by atoms with Crippen molar-refractivity contribution in [2.24, 2.45) is 0 Å². The molecule has 2 aromatic carbocycles. The van der Waals surface area contributed by atoms with Crippen LogP contribution in [0.4, 0.5) is 17.6 Å². The second-order valence-corrected chi connectivity index (χ2v) is 5.03. The lowest BCUT2D eigenvalue weighted by Crippen LogP contribution is -2.17. The number of nitrogens with one attached hydrogen (secondary N) is 1. The normalized spacial score (nSPS) is 12.2. The quantitative estimate of drug-likeness (QED) is 0.564. The molecule has 4 rings (SSSR count). The second-order valence-electron chi connectivity index (χ2n) is 5.03. The molecule has 4 aromatic rings. The van der Waals surface area contributed by atoms with Crippen LogP contribution in [-0.2, 0) is 0 Å². The first-order chi connectivity index (χ1) is 11.4. The van der Waals surface area contributed by atoms with Crippen LogP contribution >= 0.6 is 0 Å². The number of hydrogen-bond donors (Lipinski definition) is 1. The van der Waals surface area contributed by atoms with E-state index in [9.17, 15) is 17.6 Å². The van der Waals surface area contributed by atoms with Crippen LogP contribution in [0.3, 0.4) is 0 Å². The number of imidazole rings is 2. The largest absolute Gasteiger partial charge is 0.573 e. The summed E-state index contributed by atoms with van der Waals surface area (Å²) >= 11 is 0. The number of ether oxygens (including phenoxy) is 1. The molecule has 0 aliphatic carbocycles. The Labute approximate surface area is 131 Å². The highest BCUT2D eigenvalue weighted by Crippen LogP contribution is 2.27. The maximum absolute atomic E-state index is 13.3. The van der Waals surface area contributed by atoms with Crippen LogP contribution in [-0.4, -0.2) is 25.9 Å². The van der Waals surface area contributed by atoms with E-state index in [0.29, 0.717) is 28.0 Å². The number of halogens is 4. The maximum Gasteiger partial charge on any atom is 0.573 e. The number of benzene rings is 2. The van der Waals surface area contributed by atoms with Crippen LogP contribution < -0.4 is 4.74 Å². The fourth-order valence-electron chi connectivity index (χ4n) is 2.44. The SMILES string of the molecule is Fc1ccc2nc(-n3cnc4ccc(OC(F)(F)F)cc43)[nH]c2c1. The monoisotopic (exact) mass is 336 g/mol. The number of hydrogen-bond acceptors (Lipinski definition) is 3. The molecule has 0 saturated carbocycles. The molecular formula is C15H8F4N4O. The van der Waals surface area contributed by atoms with E-state index in [0.717, 1.165) is 0 Å². The average molecular weight is 336 g/mol. The average Bonchev–Trinajstić information content (AvgIpc) is 3.07. The van der Waals surface area contributed by atoms with E-state index < -0.39 is 12.2 Å². The molecule has 0 fully saturated rings. The molecule has 5 nitrogen and oxygen atoms in total. The van der Waals surface area contributed by atoms with Gasteiger partial charge in [-0.1, -0.05) is 0 Å². The van der Waals surface area contributed by atoms with E-state index in [1.165, 1.54) is 47.3 Å². The van der Waals surface area contributed by atoms with Crippen LogP contribution in [0.2, 0.25) is 0 Å². The molecule has 0 spiro atoms. The molecule has 9 heteroatoms. The summed E-state index contributed by atoms with van der Waals surface area (Å²) in [5.74, 6) is -0.477. The van der Waals surface area contributed by atoms with Gasteiger partial charge in [-0.05, 0) is 30.3 Å². The van der Waals surface area contributed by atoms with Crippen molar-refractivity contribution in [2.75, 3.05) is 0 Å². The molecule has 0 unspecified atom stereocenters. The molecule has 24 heavy (non-hydrogen) atoms. The summed E-state index contributed by atoms with van der Waals surface area (Å²) in [6, 6.07) is 7.86. The first kappa shape index (κ1) is 14.5. The fourth-order valence-corrected chi connectivity index (χ4v) is 2.44. The van der Waals surface area contributed by atoms with Crippen molar-refractivity contribution < 1.29 is 22.3 Å². The predicted octanol–water partition coefficient (Wildman–Crippen LogP) is 3.94. The molecule has 0 radical (unpaired) electrons. The minimum atomic E-state index is -4.78. The Morgan fingerprint density at radius 1 is 1.04 bits per heavy atom. The van der Waals surface area contributed by atoms with Crippen molar-refractivity contribution in [2.45, 2.75) is 6.36 Å². The van der Waals surface area contributed by atoms with Crippen LogP contribution in [0.15, 0.2) is 42.7 Å². The minimum Gasteiger partial charge on any atom is -0.406 e. The third-order valence-electron chi connectivity index (χ3n) is 3.41. The van der Waals surface area contributed by atoms with Crippen LogP contribution in [0.5, 0.6) is 5.75 Å². The van der Waals surface area contributed by atoms with E-state index >= 15 is 0 Å². The third-order valence-corrected chi connectivity index (χ3v) is 3.41. The van der Waals surface area contributed by atoms with Crippen molar-refractivity contribution in [1.82, 2.24) is 19.5 Å². The van der Waals surface area contributed by atoms with Crippen LogP contribution in [0, 0.1) is 5.82 Å². The zero-order valence-electron chi connectivity index (χ0n) is 11.8. The summed E-state index contributed by atoms with van der Waals surface area (Å²) in [7, 11) is 0. The van der Waals surface area contributed by atoms with E-state index in [-0.39, 0.29) is 5.75 Å². The molecule has 0 saturated heterocycles. The van der Waals surface area contributed by atoms with Crippen molar-refractivity contribution in [3.05, 3.63) is 48.5 Å². The van der Waals surface area contributed by atoms with Gasteiger partial charge in [-0.3, -0.25) is 4.57 Å². The molecule has 0 amide bonds. The number of rotatable bonds is 2. The highest BCUT2D eigenvalue weighted by atomic mass is 19.4. The molecule has 0 atom stereocenters. The maximum atomic E-state index is 13.3. The van der Waals surface area contributed by atoms with E-state index in [1.54, 1.807) is 0 Å². The summed E-state index contributed by atoms with van der Waals surface area (Å²) in [6.07, 6.45) is -3.37. The Kier molecular flexibility index (Phi) is 2.99. The van der Waals surface area contributed by atoms with E-state index in [2.05, 4.69) is 19.7 Å². The van der Waals surface area contributed by atoms with Crippen LogP contribution in [0.1, 0.15) is 0 Å². The van der Waals surface area contributed by atoms with Gasteiger partial charge in [0, 0.05) is 6.07 Å². The molecule has 2 heterocycles. The summed E-state index contributed by atoms with van der Waals surface area (Å²) in [4.78, 5) is 11.3. The molecular weight excluding hydrogens is 328 g/mol. The van der Waals surface area contributed by atoms with Crippen molar-refractivity contribution in [3.8, 4) is 11.7 Å². The van der Waals surface area contributed by atoms with Gasteiger partial charge in [0.05, 0.1) is 22.1 Å². The Balaban J connectivity index is 1.84.